The van der Waals surface area contributed by atoms with Gasteiger partial charge in [0.1, 0.15) is 13.2 Å². The van der Waals surface area contributed by atoms with E-state index in [1.54, 1.807) is 0 Å². The van der Waals surface area contributed by atoms with E-state index in [1.807, 2.05) is 0 Å². The van der Waals surface area contributed by atoms with Gasteiger partial charge in [-0.05, 0) is 103 Å². The van der Waals surface area contributed by atoms with Gasteiger partial charge in [0.05, 0.1) is 0 Å². The van der Waals surface area contributed by atoms with Gasteiger partial charge in [0.15, 0.2) is 6.10 Å². The summed E-state index contributed by atoms with van der Waals surface area (Å²) in [5, 5.41) is 0. The van der Waals surface area contributed by atoms with E-state index in [9.17, 15) is 14.4 Å². The minimum atomic E-state index is -0.784. The van der Waals surface area contributed by atoms with Crippen molar-refractivity contribution < 1.29 is 28.6 Å². The molecule has 0 aliphatic heterocycles. The third-order valence-electron chi connectivity index (χ3n) is 13.3. The summed E-state index contributed by atoms with van der Waals surface area (Å²) in [7, 11) is 0. The van der Waals surface area contributed by atoms with Crippen molar-refractivity contribution in [3.8, 4) is 0 Å². The molecular formula is C68H116O6. The summed E-state index contributed by atoms with van der Waals surface area (Å²) < 4.78 is 16.9. The normalized spacial score (nSPS) is 12.7. The molecule has 0 aromatic rings. The topological polar surface area (TPSA) is 78.9 Å². The molecule has 0 radical (unpaired) electrons. The van der Waals surface area contributed by atoms with Crippen LogP contribution in [0, 0.1) is 0 Å². The van der Waals surface area contributed by atoms with Gasteiger partial charge in [-0.15, -0.1) is 0 Å². The third kappa shape index (κ3) is 59.2. The fraction of sp³-hybridized carbons (Fsp3) is 0.721. The Morgan fingerprint density at radius 2 is 0.527 bits per heavy atom. The van der Waals surface area contributed by atoms with E-state index in [2.05, 4.69) is 118 Å². The molecule has 0 aromatic heterocycles. The highest BCUT2D eigenvalue weighted by Crippen LogP contribution is 2.16. The summed E-state index contributed by atoms with van der Waals surface area (Å²) in [5.41, 5.74) is 0. The first-order chi connectivity index (χ1) is 36.5. The number of allylic oxidation sites excluding steroid dienone is 16. The molecule has 0 spiro atoms. The Labute approximate surface area is 457 Å². The molecule has 0 rings (SSSR count). The molecule has 0 aliphatic carbocycles. The second-order valence-electron chi connectivity index (χ2n) is 20.6. The van der Waals surface area contributed by atoms with Crippen molar-refractivity contribution in [2.75, 3.05) is 13.2 Å². The highest BCUT2D eigenvalue weighted by Gasteiger charge is 2.19. The summed E-state index contributed by atoms with van der Waals surface area (Å²) >= 11 is 0. The van der Waals surface area contributed by atoms with Gasteiger partial charge in [-0.1, -0.05) is 272 Å². The lowest BCUT2D eigenvalue weighted by Gasteiger charge is -2.18. The van der Waals surface area contributed by atoms with Crippen molar-refractivity contribution >= 4 is 17.9 Å². The molecule has 1 atom stereocenters. The number of esters is 3. The quantitative estimate of drug-likeness (QED) is 0.0261. The average Bonchev–Trinajstić information content (AvgIpc) is 3.40. The van der Waals surface area contributed by atoms with Crippen molar-refractivity contribution in [1.29, 1.82) is 0 Å². The zero-order valence-electron chi connectivity index (χ0n) is 48.6. The standard InChI is InChI=1S/C68H116O6/c1-4-7-10-13-16-19-22-25-27-28-29-30-31-32-33-34-35-36-37-38-39-40-41-44-46-49-52-55-58-61-67(70)73-64-65(63-72-66(69)60-57-54-51-48-45-42-24-21-18-15-12-9-6-3)74-68(71)62-59-56-53-50-47-43-26-23-20-17-14-11-8-5-2/h7,10,16,19,21,24-25,27,29-30,32-33,35-36,38-39,65H,4-6,8-9,11-15,17-18,20,22-23,26,28,31,34,37,40-64H2,1-3H3/b10-7-,19-16-,24-21-,27-25-,30-29-,33-32-,36-35-,39-38-. The van der Waals surface area contributed by atoms with Crippen molar-refractivity contribution in [2.45, 2.75) is 303 Å². The molecule has 0 saturated heterocycles. The molecule has 424 valence electrons. The predicted molar refractivity (Wildman–Crippen MR) is 320 cm³/mol. The van der Waals surface area contributed by atoms with Crippen LogP contribution in [0.3, 0.4) is 0 Å². The molecule has 74 heavy (non-hydrogen) atoms. The average molecular weight is 1030 g/mol. The third-order valence-corrected chi connectivity index (χ3v) is 13.3. The van der Waals surface area contributed by atoms with Gasteiger partial charge in [0.2, 0.25) is 0 Å². The van der Waals surface area contributed by atoms with Crippen LogP contribution in [-0.2, 0) is 28.6 Å². The number of unbranched alkanes of at least 4 members (excludes halogenated alkanes) is 29. The maximum atomic E-state index is 12.9. The number of carbonyl (C=O) groups is 3. The molecule has 6 heteroatoms. The van der Waals surface area contributed by atoms with Gasteiger partial charge in [-0.3, -0.25) is 14.4 Å². The molecule has 0 amide bonds. The summed E-state index contributed by atoms with van der Waals surface area (Å²) in [5.74, 6) is -0.893. The van der Waals surface area contributed by atoms with E-state index < -0.39 is 6.10 Å². The van der Waals surface area contributed by atoms with Crippen LogP contribution in [0.25, 0.3) is 0 Å². The molecule has 0 aliphatic rings. The fourth-order valence-corrected chi connectivity index (χ4v) is 8.65. The molecule has 0 N–H and O–H groups in total. The van der Waals surface area contributed by atoms with Crippen LogP contribution >= 0.6 is 0 Å². The maximum Gasteiger partial charge on any atom is 0.306 e. The van der Waals surface area contributed by atoms with Crippen LogP contribution in [0.1, 0.15) is 297 Å². The number of hydrogen-bond donors (Lipinski definition) is 0. The van der Waals surface area contributed by atoms with Gasteiger partial charge in [-0.2, -0.15) is 0 Å². The van der Waals surface area contributed by atoms with E-state index in [1.165, 1.54) is 141 Å². The summed E-state index contributed by atoms with van der Waals surface area (Å²) in [6, 6.07) is 0. The van der Waals surface area contributed by atoms with Crippen LogP contribution in [0.15, 0.2) is 97.2 Å². The predicted octanol–water partition coefficient (Wildman–Crippen LogP) is 21.3. The lowest BCUT2D eigenvalue weighted by atomic mass is 10.0. The van der Waals surface area contributed by atoms with E-state index in [-0.39, 0.29) is 31.1 Å². The van der Waals surface area contributed by atoms with Crippen LogP contribution in [0.2, 0.25) is 0 Å². The Morgan fingerprint density at radius 3 is 0.851 bits per heavy atom. The summed E-state index contributed by atoms with van der Waals surface area (Å²) in [6.45, 7) is 6.51. The number of hydrogen-bond acceptors (Lipinski definition) is 6. The Bertz CT molecular complexity index is 1460. The highest BCUT2D eigenvalue weighted by molar-refractivity contribution is 5.71. The van der Waals surface area contributed by atoms with Crippen molar-refractivity contribution in [3.63, 3.8) is 0 Å². The first-order valence-electron chi connectivity index (χ1n) is 31.2. The first-order valence-corrected chi connectivity index (χ1v) is 31.2. The molecule has 0 bridgehead atoms. The SMILES string of the molecule is CC/C=C\C/C=C\C/C=C\C/C=C\C/C=C\C/C=C\C/C=C\CCCCCCCCCC(=O)OCC(COC(=O)CCCCCCC/C=C\CCCCCC)OC(=O)CCCCCCCCCCCCCCCC. The van der Waals surface area contributed by atoms with E-state index in [4.69, 9.17) is 14.2 Å². The zero-order chi connectivity index (χ0) is 53.6. The van der Waals surface area contributed by atoms with Crippen LogP contribution in [0.4, 0.5) is 0 Å². The van der Waals surface area contributed by atoms with Gasteiger partial charge in [-0.25, -0.2) is 0 Å². The van der Waals surface area contributed by atoms with Crippen LogP contribution < -0.4 is 0 Å². The first kappa shape index (κ1) is 70.3. The van der Waals surface area contributed by atoms with Crippen molar-refractivity contribution in [2.24, 2.45) is 0 Å². The Balaban J connectivity index is 4.29. The maximum absolute atomic E-state index is 12.9. The van der Waals surface area contributed by atoms with Gasteiger partial charge >= 0.3 is 17.9 Å². The molecule has 0 aromatic carbocycles. The van der Waals surface area contributed by atoms with Crippen LogP contribution in [-0.4, -0.2) is 37.2 Å². The zero-order valence-corrected chi connectivity index (χ0v) is 48.6. The number of rotatable bonds is 56. The molecule has 0 saturated carbocycles. The van der Waals surface area contributed by atoms with E-state index >= 15 is 0 Å². The number of carbonyl (C=O) groups excluding carboxylic acids is 3. The second-order valence-corrected chi connectivity index (χ2v) is 20.6. The molecule has 0 heterocycles. The van der Waals surface area contributed by atoms with Gasteiger partial charge in [0, 0.05) is 19.3 Å². The van der Waals surface area contributed by atoms with Crippen molar-refractivity contribution in [3.05, 3.63) is 97.2 Å². The summed E-state index contributed by atoms with van der Waals surface area (Å²) in [6.07, 6.45) is 82.6. The highest BCUT2D eigenvalue weighted by atomic mass is 16.6. The molecule has 0 fully saturated rings. The lowest BCUT2D eigenvalue weighted by molar-refractivity contribution is -0.167. The summed E-state index contributed by atoms with van der Waals surface area (Å²) in [4.78, 5) is 38.2. The fourth-order valence-electron chi connectivity index (χ4n) is 8.65. The van der Waals surface area contributed by atoms with Crippen LogP contribution in [0.5, 0.6) is 0 Å². The second kappa shape index (κ2) is 61.9. The monoisotopic (exact) mass is 1030 g/mol. The Morgan fingerprint density at radius 1 is 0.284 bits per heavy atom. The lowest BCUT2D eigenvalue weighted by Crippen LogP contribution is -2.30. The number of ether oxygens (including phenoxy) is 3. The molecule has 6 nitrogen and oxygen atoms in total. The Kier molecular flexibility index (Phi) is 58.8. The Hall–Kier alpha value is -3.67. The smallest absolute Gasteiger partial charge is 0.306 e. The van der Waals surface area contributed by atoms with E-state index in [0.717, 1.165) is 116 Å². The van der Waals surface area contributed by atoms with E-state index in [0.29, 0.717) is 19.3 Å². The molecule has 1 unspecified atom stereocenters. The van der Waals surface area contributed by atoms with Gasteiger partial charge < -0.3 is 14.2 Å². The van der Waals surface area contributed by atoms with Crippen molar-refractivity contribution in [1.82, 2.24) is 0 Å². The van der Waals surface area contributed by atoms with Gasteiger partial charge in [0.25, 0.3) is 0 Å². The molecular weight excluding hydrogens is 913 g/mol. The minimum Gasteiger partial charge on any atom is -0.462 e. The largest absolute Gasteiger partial charge is 0.462 e. The minimum absolute atomic E-state index is 0.0827.